The predicted octanol–water partition coefficient (Wildman–Crippen LogP) is 2.12. The van der Waals surface area contributed by atoms with Crippen molar-refractivity contribution >= 4 is 0 Å². The summed E-state index contributed by atoms with van der Waals surface area (Å²) in [5.41, 5.74) is 2.27. The lowest BCUT2D eigenvalue weighted by molar-refractivity contribution is 0.0984. The monoisotopic (exact) mass is 251 g/mol. The summed E-state index contributed by atoms with van der Waals surface area (Å²) in [5, 5.41) is 7.87. The van der Waals surface area contributed by atoms with Crippen LogP contribution in [-0.4, -0.2) is 29.5 Å². The van der Waals surface area contributed by atoms with Gasteiger partial charge >= 0.3 is 0 Å². The highest BCUT2D eigenvalue weighted by Crippen LogP contribution is 2.14. The molecule has 1 fully saturated rings. The van der Waals surface area contributed by atoms with Gasteiger partial charge in [0.25, 0.3) is 0 Å². The van der Waals surface area contributed by atoms with Crippen molar-refractivity contribution in [2.24, 2.45) is 5.92 Å². The van der Waals surface area contributed by atoms with E-state index in [1.54, 1.807) is 0 Å². The lowest BCUT2D eigenvalue weighted by Crippen LogP contribution is -2.30. The molecule has 0 spiro atoms. The summed E-state index contributed by atoms with van der Waals surface area (Å²) in [5.74, 6) is 0.802. The van der Waals surface area contributed by atoms with Gasteiger partial charge in [-0.05, 0) is 58.2 Å². The van der Waals surface area contributed by atoms with Crippen molar-refractivity contribution in [1.29, 1.82) is 0 Å². The molecule has 1 saturated heterocycles. The van der Waals surface area contributed by atoms with Gasteiger partial charge in [0.2, 0.25) is 0 Å². The normalized spacial score (nSPS) is 20.2. The van der Waals surface area contributed by atoms with E-state index in [-0.39, 0.29) is 0 Å². The van der Waals surface area contributed by atoms with Crippen LogP contribution in [0.3, 0.4) is 0 Å². The fraction of sp³-hybridized carbons (Fsp3) is 0.786. The van der Waals surface area contributed by atoms with Crippen molar-refractivity contribution < 1.29 is 4.74 Å². The molecule has 0 amide bonds. The Labute approximate surface area is 110 Å². The second kappa shape index (κ2) is 6.90. The summed E-state index contributed by atoms with van der Waals surface area (Å²) in [6, 6.07) is 2.12. The van der Waals surface area contributed by atoms with Gasteiger partial charge < -0.3 is 10.1 Å². The van der Waals surface area contributed by atoms with Crippen molar-refractivity contribution in [2.45, 2.75) is 46.3 Å². The van der Waals surface area contributed by atoms with E-state index in [0.717, 1.165) is 31.3 Å². The quantitative estimate of drug-likeness (QED) is 0.787. The molecule has 1 aromatic heterocycles. The average molecular weight is 251 g/mol. The van der Waals surface area contributed by atoms with Gasteiger partial charge in [-0.1, -0.05) is 0 Å². The van der Waals surface area contributed by atoms with Crippen molar-refractivity contribution in [3.63, 3.8) is 0 Å². The van der Waals surface area contributed by atoms with E-state index < -0.39 is 0 Å². The van der Waals surface area contributed by atoms with Crippen LogP contribution in [0.4, 0.5) is 0 Å². The molecular formula is C14H25N3O. The Bertz CT molecular complexity index is 356. The minimum absolute atomic E-state index is 0.689. The maximum Gasteiger partial charge on any atom is 0.0884 e. The Kier molecular flexibility index (Phi) is 5.20. The molecule has 4 nitrogen and oxygen atoms in total. The first-order valence-electron chi connectivity index (χ1n) is 7.11. The van der Waals surface area contributed by atoms with Gasteiger partial charge in [0.15, 0.2) is 0 Å². The third-order valence-corrected chi connectivity index (χ3v) is 3.60. The molecule has 1 atom stereocenters. The second-order valence-corrected chi connectivity index (χ2v) is 5.15. The largest absolute Gasteiger partial charge is 0.375 e. The third-order valence-electron chi connectivity index (χ3n) is 3.60. The molecule has 0 aromatic carbocycles. The number of rotatable bonds is 6. The van der Waals surface area contributed by atoms with Crippen LogP contribution in [-0.2, 0) is 17.9 Å². The van der Waals surface area contributed by atoms with Gasteiger partial charge in [-0.25, -0.2) is 0 Å². The lowest BCUT2D eigenvalue weighted by atomic mass is 9.97. The maximum atomic E-state index is 5.79. The highest BCUT2D eigenvalue weighted by Gasteiger charge is 2.12. The minimum Gasteiger partial charge on any atom is -0.375 e. The van der Waals surface area contributed by atoms with Crippen molar-refractivity contribution in [3.8, 4) is 0 Å². The number of aryl methyl sites for hydroxylation is 2. The third kappa shape index (κ3) is 3.82. The number of aromatic nitrogens is 2. The number of nitrogens with zero attached hydrogens (tertiary/aromatic N) is 2. The first-order valence-corrected chi connectivity index (χ1v) is 7.11. The molecule has 4 heteroatoms. The lowest BCUT2D eigenvalue weighted by Gasteiger charge is -2.22. The Hall–Kier alpha value is -0.870. The first-order chi connectivity index (χ1) is 8.79. The standard InChI is InChI=1S/C14H25N3O/c1-3-17-14(9-12(2)16-17)11-18-8-6-13-5-4-7-15-10-13/h9,13,15H,3-8,10-11H2,1-2H3. The van der Waals surface area contributed by atoms with Crippen LogP contribution >= 0.6 is 0 Å². The van der Waals surface area contributed by atoms with E-state index >= 15 is 0 Å². The van der Waals surface area contributed by atoms with Crippen LogP contribution in [0.2, 0.25) is 0 Å². The second-order valence-electron chi connectivity index (χ2n) is 5.15. The highest BCUT2D eigenvalue weighted by molar-refractivity contribution is 5.07. The summed E-state index contributed by atoms with van der Waals surface area (Å²) in [4.78, 5) is 0. The Morgan fingerprint density at radius 1 is 1.56 bits per heavy atom. The fourth-order valence-corrected chi connectivity index (χ4v) is 2.59. The van der Waals surface area contributed by atoms with Crippen LogP contribution in [0, 0.1) is 12.8 Å². The summed E-state index contributed by atoms with van der Waals surface area (Å²) >= 11 is 0. The smallest absolute Gasteiger partial charge is 0.0884 e. The van der Waals surface area contributed by atoms with Crippen LogP contribution < -0.4 is 5.32 Å². The van der Waals surface area contributed by atoms with Crippen molar-refractivity contribution in [1.82, 2.24) is 15.1 Å². The SMILES string of the molecule is CCn1nc(C)cc1COCCC1CCCNC1. The van der Waals surface area contributed by atoms with Gasteiger partial charge in [0.1, 0.15) is 0 Å². The molecule has 18 heavy (non-hydrogen) atoms. The molecule has 0 radical (unpaired) electrons. The van der Waals surface area contributed by atoms with Gasteiger partial charge in [0, 0.05) is 13.2 Å². The van der Waals surface area contributed by atoms with E-state index in [9.17, 15) is 0 Å². The van der Waals surface area contributed by atoms with Crippen molar-refractivity contribution in [2.75, 3.05) is 19.7 Å². The predicted molar refractivity (Wildman–Crippen MR) is 72.5 cm³/mol. The van der Waals surface area contributed by atoms with Gasteiger partial charge in [0.05, 0.1) is 18.0 Å². The summed E-state index contributed by atoms with van der Waals surface area (Å²) in [6.45, 7) is 8.96. The number of ether oxygens (including phenoxy) is 1. The molecule has 102 valence electrons. The van der Waals surface area contributed by atoms with Crippen LogP contribution in [0.15, 0.2) is 6.07 Å². The average Bonchev–Trinajstić information content (AvgIpc) is 2.76. The Balaban J connectivity index is 1.68. The van der Waals surface area contributed by atoms with Crippen LogP contribution in [0.25, 0.3) is 0 Å². The molecule has 0 aliphatic carbocycles. The highest BCUT2D eigenvalue weighted by atomic mass is 16.5. The zero-order chi connectivity index (χ0) is 12.8. The molecule has 0 saturated carbocycles. The molecular weight excluding hydrogens is 226 g/mol. The van der Waals surface area contributed by atoms with Gasteiger partial charge in [-0.3, -0.25) is 4.68 Å². The van der Waals surface area contributed by atoms with Crippen molar-refractivity contribution in [3.05, 3.63) is 17.5 Å². The zero-order valence-corrected chi connectivity index (χ0v) is 11.6. The molecule has 2 heterocycles. The van der Waals surface area contributed by atoms with E-state index in [1.807, 2.05) is 11.6 Å². The van der Waals surface area contributed by atoms with E-state index in [0.29, 0.717) is 6.61 Å². The molecule has 1 aliphatic rings. The molecule has 1 unspecified atom stereocenters. The molecule has 0 bridgehead atoms. The van der Waals surface area contributed by atoms with Crippen LogP contribution in [0.1, 0.15) is 37.6 Å². The first kappa shape index (κ1) is 13.6. The van der Waals surface area contributed by atoms with E-state index in [4.69, 9.17) is 4.74 Å². The Morgan fingerprint density at radius 2 is 2.44 bits per heavy atom. The van der Waals surface area contributed by atoms with Crippen LogP contribution in [0.5, 0.6) is 0 Å². The topological polar surface area (TPSA) is 39.1 Å². The van der Waals surface area contributed by atoms with E-state index in [1.165, 1.54) is 31.5 Å². The molecule has 1 aliphatic heterocycles. The number of piperidine rings is 1. The van der Waals surface area contributed by atoms with Gasteiger partial charge in [-0.2, -0.15) is 5.10 Å². The number of hydrogen-bond donors (Lipinski definition) is 1. The Morgan fingerprint density at radius 3 is 3.17 bits per heavy atom. The fourth-order valence-electron chi connectivity index (χ4n) is 2.59. The number of nitrogens with one attached hydrogen (secondary N) is 1. The summed E-state index contributed by atoms with van der Waals surface area (Å²) < 4.78 is 7.81. The molecule has 2 rings (SSSR count). The minimum atomic E-state index is 0.689. The van der Waals surface area contributed by atoms with Gasteiger partial charge in [-0.15, -0.1) is 0 Å². The summed E-state index contributed by atoms with van der Waals surface area (Å²) in [7, 11) is 0. The molecule has 1 N–H and O–H groups in total. The maximum absolute atomic E-state index is 5.79. The molecule has 1 aromatic rings. The number of hydrogen-bond acceptors (Lipinski definition) is 3. The zero-order valence-electron chi connectivity index (χ0n) is 11.6. The summed E-state index contributed by atoms with van der Waals surface area (Å²) in [6.07, 6.45) is 3.83. The van der Waals surface area contributed by atoms with E-state index in [2.05, 4.69) is 23.4 Å².